The first-order valence-corrected chi connectivity index (χ1v) is 9.94. The Morgan fingerprint density at radius 3 is 2.69 bits per heavy atom. The average molecular weight is 372 g/mol. The zero-order valence-electron chi connectivity index (χ0n) is 15.4. The standard InChI is InChI=1S/C19H24N4O2S/c1-11-18(13-4-6-23(11)7-5-13)21-19(25)15-9-16-14(10-20-15)8-17(26-16)22(3)12(2)24/h8-11,13,18H,4-7H2,1-3H3,(H,21,25). The van der Waals surface area contributed by atoms with Gasteiger partial charge in [-0.1, -0.05) is 0 Å². The molecule has 3 aliphatic heterocycles. The Labute approximate surface area is 157 Å². The lowest BCUT2D eigenvalue weighted by molar-refractivity contribution is -0.116. The zero-order chi connectivity index (χ0) is 18.4. The lowest BCUT2D eigenvalue weighted by atomic mass is 9.79. The molecule has 26 heavy (non-hydrogen) atoms. The molecule has 2 unspecified atom stereocenters. The molecule has 2 atom stereocenters. The molecule has 5 rings (SSSR count). The van der Waals surface area contributed by atoms with Crippen LogP contribution < -0.4 is 10.2 Å². The third-order valence-corrected chi connectivity index (χ3v) is 7.07. The van der Waals surface area contributed by atoms with Gasteiger partial charge in [-0.15, -0.1) is 11.3 Å². The molecule has 1 N–H and O–H groups in total. The van der Waals surface area contributed by atoms with Crippen LogP contribution >= 0.6 is 11.3 Å². The second-order valence-corrected chi connectivity index (χ2v) is 8.45. The van der Waals surface area contributed by atoms with Crippen molar-refractivity contribution >= 4 is 38.2 Å². The number of hydrogen-bond acceptors (Lipinski definition) is 5. The van der Waals surface area contributed by atoms with E-state index in [1.54, 1.807) is 18.1 Å². The van der Waals surface area contributed by atoms with Crippen molar-refractivity contribution in [3.05, 3.63) is 24.0 Å². The van der Waals surface area contributed by atoms with Crippen LogP contribution in [-0.4, -0.2) is 53.9 Å². The van der Waals surface area contributed by atoms with Crippen LogP contribution in [0.3, 0.4) is 0 Å². The SMILES string of the molecule is CC(=O)N(C)c1cc2cnc(C(=O)NC3C4CCN(CC4)C3C)cc2s1. The van der Waals surface area contributed by atoms with Crippen LogP contribution in [0.1, 0.15) is 37.2 Å². The quantitative estimate of drug-likeness (QED) is 0.899. The Hall–Kier alpha value is -1.99. The number of piperidine rings is 3. The summed E-state index contributed by atoms with van der Waals surface area (Å²) in [6.45, 7) is 6.03. The lowest BCUT2D eigenvalue weighted by Gasteiger charge is -2.49. The molecule has 2 amide bonds. The topological polar surface area (TPSA) is 65.5 Å². The molecule has 0 aliphatic carbocycles. The zero-order valence-corrected chi connectivity index (χ0v) is 16.2. The van der Waals surface area contributed by atoms with E-state index in [2.05, 4.69) is 22.1 Å². The number of aromatic nitrogens is 1. The first kappa shape index (κ1) is 17.4. The highest BCUT2D eigenvalue weighted by Crippen LogP contribution is 2.33. The number of fused-ring (bicyclic) bond motifs is 4. The van der Waals surface area contributed by atoms with Crippen LogP contribution in [0.5, 0.6) is 0 Å². The Bertz CT molecular complexity index is 854. The molecule has 3 saturated heterocycles. The Kier molecular flexibility index (Phi) is 4.44. The number of nitrogens with zero attached hydrogens (tertiary/aromatic N) is 3. The molecule has 138 valence electrons. The van der Waals surface area contributed by atoms with Gasteiger partial charge >= 0.3 is 0 Å². The van der Waals surface area contributed by atoms with E-state index < -0.39 is 0 Å². The van der Waals surface area contributed by atoms with Crippen molar-refractivity contribution in [3.8, 4) is 0 Å². The third kappa shape index (κ3) is 2.99. The van der Waals surface area contributed by atoms with Gasteiger partial charge in [0.2, 0.25) is 5.91 Å². The minimum atomic E-state index is -0.104. The highest BCUT2D eigenvalue weighted by molar-refractivity contribution is 7.23. The summed E-state index contributed by atoms with van der Waals surface area (Å²) in [5.74, 6) is 0.450. The van der Waals surface area contributed by atoms with E-state index in [0.717, 1.165) is 41.0 Å². The van der Waals surface area contributed by atoms with Crippen molar-refractivity contribution in [2.45, 2.75) is 38.8 Å². The highest BCUT2D eigenvalue weighted by atomic mass is 32.1. The van der Waals surface area contributed by atoms with E-state index in [1.165, 1.54) is 18.3 Å². The molecule has 6 nitrogen and oxygen atoms in total. The number of carbonyl (C=O) groups is 2. The van der Waals surface area contributed by atoms with Gasteiger partial charge in [0.25, 0.3) is 5.91 Å². The number of amides is 2. The van der Waals surface area contributed by atoms with Crippen molar-refractivity contribution < 1.29 is 9.59 Å². The van der Waals surface area contributed by atoms with Gasteiger partial charge in [0.1, 0.15) is 5.69 Å². The number of rotatable bonds is 3. The second-order valence-electron chi connectivity index (χ2n) is 7.38. The third-order valence-electron chi connectivity index (χ3n) is 5.90. The van der Waals surface area contributed by atoms with Crippen molar-refractivity contribution in [1.29, 1.82) is 0 Å². The van der Waals surface area contributed by atoms with Gasteiger partial charge in [0.05, 0.1) is 5.00 Å². The summed E-state index contributed by atoms with van der Waals surface area (Å²) < 4.78 is 0.968. The molecule has 0 aromatic carbocycles. The number of nitrogens with one attached hydrogen (secondary N) is 1. The van der Waals surface area contributed by atoms with Crippen molar-refractivity contribution in [2.75, 3.05) is 25.0 Å². The molecule has 3 fully saturated rings. The molecule has 0 saturated carbocycles. The summed E-state index contributed by atoms with van der Waals surface area (Å²) in [5, 5.41) is 5.03. The van der Waals surface area contributed by atoms with E-state index in [1.807, 2.05) is 12.1 Å². The van der Waals surface area contributed by atoms with E-state index in [-0.39, 0.29) is 17.9 Å². The fourth-order valence-electron chi connectivity index (χ4n) is 4.13. The summed E-state index contributed by atoms with van der Waals surface area (Å²) >= 11 is 1.50. The molecular weight excluding hydrogens is 348 g/mol. The number of anilines is 1. The summed E-state index contributed by atoms with van der Waals surface area (Å²) in [5.41, 5.74) is 0.444. The van der Waals surface area contributed by atoms with Gasteiger partial charge in [-0.25, -0.2) is 0 Å². The van der Waals surface area contributed by atoms with Crippen LogP contribution in [0.2, 0.25) is 0 Å². The maximum atomic E-state index is 12.8. The maximum Gasteiger partial charge on any atom is 0.270 e. The molecule has 0 radical (unpaired) electrons. The van der Waals surface area contributed by atoms with Crippen LogP contribution in [-0.2, 0) is 4.79 Å². The molecule has 2 bridgehead atoms. The number of hydrogen-bond donors (Lipinski definition) is 1. The normalized spacial score (nSPS) is 27.5. The highest BCUT2D eigenvalue weighted by Gasteiger charge is 2.40. The van der Waals surface area contributed by atoms with E-state index in [4.69, 9.17) is 0 Å². The van der Waals surface area contributed by atoms with Gasteiger partial charge in [0.15, 0.2) is 0 Å². The predicted molar refractivity (Wildman–Crippen MR) is 104 cm³/mol. The van der Waals surface area contributed by atoms with Gasteiger partial charge in [-0.2, -0.15) is 0 Å². The van der Waals surface area contributed by atoms with E-state index >= 15 is 0 Å². The molecular formula is C19H24N4O2S. The Balaban J connectivity index is 1.54. The first-order chi connectivity index (χ1) is 12.4. The fraction of sp³-hybridized carbons (Fsp3) is 0.526. The van der Waals surface area contributed by atoms with E-state index in [0.29, 0.717) is 17.7 Å². The molecule has 2 aromatic heterocycles. The first-order valence-electron chi connectivity index (χ1n) is 9.13. The summed E-state index contributed by atoms with van der Waals surface area (Å²) in [6, 6.07) is 4.35. The van der Waals surface area contributed by atoms with Crippen LogP contribution in [0.25, 0.3) is 10.1 Å². The van der Waals surface area contributed by atoms with Gasteiger partial charge in [-0.3, -0.25) is 19.5 Å². The summed E-state index contributed by atoms with van der Waals surface area (Å²) in [7, 11) is 1.75. The summed E-state index contributed by atoms with van der Waals surface area (Å²) in [6.07, 6.45) is 4.04. The average Bonchev–Trinajstić information content (AvgIpc) is 3.07. The smallest absolute Gasteiger partial charge is 0.270 e. The lowest BCUT2D eigenvalue weighted by Crippen LogP contribution is -2.62. The van der Waals surface area contributed by atoms with Crippen molar-refractivity contribution in [1.82, 2.24) is 15.2 Å². The minimum absolute atomic E-state index is 0.0150. The maximum absolute atomic E-state index is 12.8. The van der Waals surface area contributed by atoms with Gasteiger partial charge < -0.3 is 10.2 Å². The monoisotopic (exact) mass is 372 g/mol. The number of carbonyl (C=O) groups excluding carboxylic acids is 2. The number of pyridine rings is 1. The van der Waals surface area contributed by atoms with E-state index in [9.17, 15) is 9.59 Å². The largest absolute Gasteiger partial charge is 0.346 e. The molecule has 5 heterocycles. The molecule has 3 aliphatic rings. The molecule has 2 aromatic rings. The second kappa shape index (κ2) is 6.63. The van der Waals surface area contributed by atoms with Gasteiger partial charge in [0, 0.05) is 42.3 Å². The Morgan fingerprint density at radius 2 is 2.04 bits per heavy atom. The van der Waals surface area contributed by atoms with Gasteiger partial charge in [-0.05, 0) is 50.9 Å². The molecule has 7 heteroatoms. The molecule has 0 spiro atoms. The Morgan fingerprint density at radius 1 is 1.31 bits per heavy atom. The van der Waals surface area contributed by atoms with Crippen molar-refractivity contribution in [2.24, 2.45) is 5.92 Å². The van der Waals surface area contributed by atoms with Crippen LogP contribution in [0.15, 0.2) is 18.3 Å². The van der Waals surface area contributed by atoms with Crippen LogP contribution in [0, 0.1) is 5.92 Å². The number of thiophene rings is 1. The van der Waals surface area contributed by atoms with Crippen LogP contribution in [0.4, 0.5) is 5.00 Å². The predicted octanol–water partition coefficient (Wildman–Crippen LogP) is 2.49. The summed E-state index contributed by atoms with van der Waals surface area (Å²) in [4.78, 5) is 32.8. The van der Waals surface area contributed by atoms with Crippen molar-refractivity contribution in [3.63, 3.8) is 0 Å². The minimum Gasteiger partial charge on any atom is -0.346 e. The fourth-order valence-corrected chi connectivity index (χ4v) is 5.21.